The summed E-state index contributed by atoms with van der Waals surface area (Å²) in [5, 5.41) is 5.32. The standard InChI is InChI=1S/C22H32N4O2Si/c1-29(2,3)9-8-28-14-26-20-12-23-11-17-21(20)19(24-26)10-16(22(17)27)18-13-25-6-4-15(18)5-7-25/h10-12,15,18,23-24H,4-9,13-14H2,1-3H3. The molecule has 1 unspecified atom stereocenters. The number of nitrogens with zero attached hydrogens (tertiary/aromatic N) is 2. The van der Waals surface area contributed by atoms with Gasteiger partial charge in [-0.25, -0.2) is 0 Å². The minimum atomic E-state index is -1.10. The quantitative estimate of drug-likeness (QED) is 0.476. The van der Waals surface area contributed by atoms with Crippen LogP contribution < -0.4 is 5.43 Å². The Labute approximate surface area is 172 Å². The summed E-state index contributed by atoms with van der Waals surface area (Å²) in [5.74, 6) is 1.00. The van der Waals surface area contributed by atoms with Crippen LogP contribution in [0.4, 0.5) is 0 Å². The van der Waals surface area contributed by atoms with Crippen molar-refractivity contribution in [2.75, 3.05) is 26.2 Å². The van der Waals surface area contributed by atoms with Crippen molar-refractivity contribution in [2.24, 2.45) is 5.92 Å². The highest BCUT2D eigenvalue weighted by Gasteiger charge is 2.36. The summed E-state index contributed by atoms with van der Waals surface area (Å²) in [4.78, 5) is 19.1. The maximum atomic E-state index is 13.4. The molecule has 3 saturated heterocycles. The topological polar surface area (TPSA) is 66.0 Å². The summed E-state index contributed by atoms with van der Waals surface area (Å²) in [6.45, 7) is 11.8. The van der Waals surface area contributed by atoms with Crippen molar-refractivity contribution in [2.45, 2.75) is 51.2 Å². The second-order valence-electron chi connectivity index (χ2n) is 10.1. The first-order chi connectivity index (χ1) is 13.9. The van der Waals surface area contributed by atoms with E-state index in [4.69, 9.17) is 4.74 Å². The van der Waals surface area contributed by atoms with Crippen LogP contribution in [0.2, 0.25) is 25.7 Å². The Balaban J connectivity index is 1.49. The molecule has 6 nitrogen and oxygen atoms in total. The van der Waals surface area contributed by atoms with Gasteiger partial charge in [-0.05, 0) is 44.0 Å². The molecule has 29 heavy (non-hydrogen) atoms. The van der Waals surface area contributed by atoms with Crippen LogP contribution in [0, 0.1) is 5.92 Å². The Morgan fingerprint density at radius 2 is 2.00 bits per heavy atom. The number of nitrogens with one attached hydrogen (secondary N) is 2. The third-order valence-corrected chi connectivity index (χ3v) is 8.57. The van der Waals surface area contributed by atoms with Crippen molar-refractivity contribution < 1.29 is 4.74 Å². The molecule has 3 fully saturated rings. The Morgan fingerprint density at radius 1 is 1.21 bits per heavy atom. The molecule has 7 heteroatoms. The summed E-state index contributed by atoms with van der Waals surface area (Å²) in [7, 11) is -1.10. The minimum Gasteiger partial charge on any atom is -0.365 e. The average molecular weight is 413 g/mol. The second-order valence-corrected chi connectivity index (χ2v) is 15.7. The molecule has 0 amide bonds. The third-order valence-electron chi connectivity index (χ3n) is 6.87. The molecule has 6 rings (SSSR count). The van der Waals surface area contributed by atoms with Gasteiger partial charge in [0.25, 0.3) is 0 Å². The van der Waals surface area contributed by atoms with Crippen LogP contribution in [0.3, 0.4) is 0 Å². The molecular weight excluding hydrogens is 380 g/mol. The van der Waals surface area contributed by atoms with Crippen LogP contribution in [0.15, 0.2) is 23.3 Å². The van der Waals surface area contributed by atoms with Gasteiger partial charge in [-0.3, -0.25) is 14.6 Å². The molecule has 2 aromatic heterocycles. The van der Waals surface area contributed by atoms with Crippen LogP contribution in [0.1, 0.15) is 24.3 Å². The molecule has 3 aliphatic heterocycles. The van der Waals surface area contributed by atoms with Crippen molar-refractivity contribution in [1.82, 2.24) is 19.7 Å². The van der Waals surface area contributed by atoms with Gasteiger partial charge in [0.1, 0.15) is 6.73 Å². The highest BCUT2D eigenvalue weighted by atomic mass is 28.3. The number of aromatic amines is 2. The van der Waals surface area contributed by atoms with Crippen LogP contribution in [-0.2, 0) is 11.5 Å². The van der Waals surface area contributed by atoms with Crippen molar-refractivity contribution in [1.29, 1.82) is 0 Å². The average Bonchev–Trinajstić information content (AvgIpc) is 3.07. The smallest absolute Gasteiger partial charge is 0.191 e. The Kier molecular flexibility index (Phi) is 4.72. The number of ether oxygens (including phenoxy) is 1. The minimum absolute atomic E-state index is 0.198. The molecule has 156 valence electrons. The van der Waals surface area contributed by atoms with Crippen molar-refractivity contribution in [3.63, 3.8) is 0 Å². The van der Waals surface area contributed by atoms with Gasteiger partial charge in [0.2, 0.25) is 0 Å². The van der Waals surface area contributed by atoms with E-state index in [0.717, 1.165) is 46.6 Å². The summed E-state index contributed by atoms with van der Waals surface area (Å²) < 4.78 is 8.00. The van der Waals surface area contributed by atoms with Gasteiger partial charge in [-0.2, -0.15) is 0 Å². The Bertz CT molecular complexity index is 1080. The SMILES string of the molecule is C[Si](C)(C)CCOCn1[nH]c2cc(C3CN4CCC3CC4)c(=O)c3c[nH]cc1c23. The van der Waals surface area contributed by atoms with Gasteiger partial charge in [0, 0.05) is 55.9 Å². The summed E-state index contributed by atoms with van der Waals surface area (Å²) in [6, 6.07) is 3.28. The van der Waals surface area contributed by atoms with Crippen LogP contribution in [0.25, 0.3) is 21.8 Å². The molecule has 3 aliphatic rings. The van der Waals surface area contributed by atoms with E-state index < -0.39 is 8.07 Å². The fourth-order valence-electron chi connectivity index (χ4n) is 5.13. The number of hydrogen-bond donors (Lipinski definition) is 2. The van der Waals surface area contributed by atoms with Crippen molar-refractivity contribution in [3.05, 3.63) is 34.2 Å². The number of piperidine rings is 3. The van der Waals surface area contributed by atoms with E-state index in [2.05, 4.69) is 40.7 Å². The zero-order valence-corrected chi connectivity index (χ0v) is 18.8. The first-order valence-corrected chi connectivity index (χ1v) is 14.6. The van der Waals surface area contributed by atoms with Gasteiger partial charge in [-0.15, -0.1) is 0 Å². The van der Waals surface area contributed by atoms with E-state index in [1.165, 1.54) is 25.9 Å². The molecule has 3 aromatic rings. The number of pyridine rings is 1. The van der Waals surface area contributed by atoms with E-state index in [1.54, 1.807) is 0 Å². The van der Waals surface area contributed by atoms with Crippen molar-refractivity contribution in [3.8, 4) is 0 Å². The Hall–Kier alpha value is -1.83. The summed E-state index contributed by atoms with van der Waals surface area (Å²) >= 11 is 0. The molecule has 0 radical (unpaired) electrons. The molecule has 0 saturated carbocycles. The van der Waals surface area contributed by atoms with E-state index in [-0.39, 0.29) is 5.43 Å². The molecule has 0 spiro atoms. The van der Waals surface area contributed by atoms with Crippen LogP contribution in [0.5, 0.6) is 0 Å². The summed E-state index contributed by atoms with van der Waals surface area (Å²) in [6.07, 6.45) is 6.26. The highest BCUT2D eigenvalue weighted by molar-refractivity contribution is 6.76. The number of aromatic nitrogens is 3. The van der Waals surface area contributed by atoms with E-state index in [0.29, 0.717) is 18.6 Å². The predicted octanol–water partition coefficient (Wildman–Crippen LogP) is 3.93. The maximum absolute atomic E-state index is 13.4. The molecule has 5 heterocycles. The maximum Gasteiger partial charge on any atom is 0.191 e. The zero-order chi connectivity index (χ0) is 20.2. The lowest BCUT2D eigenvalue weighted by molar-refractivity contribution is 0.0820. The van der Waals surface area contributed by atoms with E-state index >= 15 is 0 Å². The number of fused-ring (bicyclic) bond motifs is 3. The van der Waals surface area contributed by atoms with Gasteiger partial charge < -0.3 is 14.6 Å². The third kappa shape index (κ3) is 3.49. The molecular formula is C22H32N4O2Si. The number of benzene rings is 1. The second kappa shape index (κ2) is 7.14. The lowest BCUT2D eigenvalue weighted by Gasteiger charge is -2.44. The van der Waals surface area contributed by atoms with E-state index in [9.17, 15) is 4.79 Å². The fraction of sp³-hybridized carbons (Fsp3) is 0.591. The van der Waals surface area contributed by atoms with E-state index in [1.807, 2.05) is 17.1 Å². The molecule has 1 atom stereocenters. The van der Waals surface area contributed by atoms with Crippen molar-refractivity contribution >= 4 is 29.9 Å². The highest BCUT2D eigenvalue weighted by Crippen LogP contribution is 2.39. The lowest BCUT2D eigenvalue weighted by Crippen LogP contribution is -2.47. The lowest BCUT2D eigenvalue weighted by atomic mass is 9.75. The summed E-state index contributed by atoms with van der Waals surface area (Å²) in [5.41, 5.74) is 3.23. The van der Waals surface area contributed by atoms with Crippen LogP contribution >= 0.6 is 0 Å². The normalized spacial score (nSPS) is 24.7. The first-order valence-electron chi connectivity index (χ1n) is 10.9. The molecule has 1 aromatic carbocycles. The molecule has 2 bridgehead atoms. The zero-order valence-electron chi connectivity index (χ0n) is 17.8. The molecule has 2 N–H and O–H groups in total. The number of hydrogen-bond acceptors (Lipinski definition) is 3. The predicted molar refractivity (Wildman–Crippen MR) is 120 cm³/mol. The van der Waals surface area contributed by atoms with Gasteiger partial charge in [0.15, 0.2) is 5.43 Å². The van der Waals surface area contributed by atoms with Gasteiger partial charge in [-0.1, -0.05) is 19.6 Å². The number of rotatable bonds is 6. The monoisotopic (exact) mass is 412 g/mol. The van der Waals surface area contributed by atoms with Crippen LogP contribution in [-0.4, -0.2) is 54.0 Å². The number of H-pyrrole nitrogens is 2. The van der Waals surface area contributed by atoms with Gasteiger partial charge >= 0.3 is 0 Å². The van der Waals surface area contributed by atoms with Gasteiger partial charge in [0.05, 0.1) is 11.0 Å². The first kappa shape index (κ1) is 19.1. The molecule has 0 aliphatic carbocycles. The fourth-order valence-corrected chi connectivity index (χ4v) is 5.89. The Morgan fingerprint density at radius 3 is 2.69 bits per heavy atom. The largest absolute Gasteiger partial charge is 0.365 e.